The highest BCUT2D eigenvalue weighted by Gasteiger charge is 2.25. The van der Waals surface area contributed by atoms with Crippen molar-refractivity contribution in [2.45, 2.75) is 38.8 Å². The van der Waals surface area contributed by atoms with Gasteiger partial charge >= 0.3 is 0 Å². The maximum absolute atomic E-state index is 13.0. The Balaban J connectivity index is 2.77. The molecule has 1 rings (SSSR count). The van der Waals surface area contributed by atoms with E-state index < -0.39 is 11.4 Å². The highest BCUT2D eigenvalue weighted by molar-refractivity contribution is 5.18. The fraction of sp³-hybridized carbons (Fsp3) is 0.583. The van der Waals surface area contributed by atoms with Crippen molar-refractivity contribution < 1.29 is 9.50 Å². The molecule has 0 aliphatic carbocycles. The molecule has 2 N–H and O–H groups in total. The molecule has 0 aromatic carbocycles. The number of hydrogen-bond acceptors (Lipinski definition) is 3. The Labute approximate surface area is 95.7 Å². The summed E-state index contributed by atoms with van der Waals surface area (Å²) in [4.78, 5) is 3.73. The van der Waals surface area contributed by atoms with Crippen LogP contribution in [0.3, 0.4) is 0 Å². The molecule has 16 heavy (non-hydrogen) atoms. The summed E-state index contributed by atoms with van der Waals surface area (Å²) in [5.74, 6) is -0.437. The Hall–Kier alpha value is -1.00. The van der Waals surface area contributed by atoms with E-state index in [4.69, 9.17) is 0 Å². The molecule has 90 valence electrons. The summed E-state index contributed by atoms with van der Waals surface area (Å²) in [6, 6.07) is 1.30. The molecular formula is C12H19FN2O. The van der Waals surface area contributed by atoms with E-state index in [1.165, 1.54) is 12.3 Å². The summed E-state index contributed by atoms with van der Waals surface area (Å²) < 4.78 is 13.0. The summed E-state index contributed by atoms with van der Waals surface area (Å²) in [5.41, 5.74) is -0.739. The van der Waals surface area contributed by atoms with Crippen molar-refractivity contribution in [1.82, 2.24) is 10.3 Å². The van der Waals surface area contributed by atoms with Gasteiger partial charge in [0.05, 0.1) is 6.20 Å². The molecule has 4 heteroatoms. The molecule has 0 saturated carbocycles. The van der Waals surface area contributed by atoms with Gasteiger partial charge in [-0.25, -0.2) is 4.39 Å². The zero-order valence-corrected chi connectivity index (χ0v) is 10.2. The van der Waals surface area contributed by atoms with Gasteiger partial charge in [-0.05, 0) is 33.8 Å². The number of aliphatic hydroxyl groups is 1. The zero-order chi connectivity index (χ0) is 12.4. The van der Waals surface area contributed by atoms with Gasteiger partial charge in [-0.2, -0.15) is 0 Å². The van der Waals surface area contributed by atoms with E-state index >= 15 is 0 Å². The Morgan fingerprint density at radius 2 is 1.94 bits per heavy atom. The second-order valence-corrected chi connectivity index (χ2v) is 5.27. The molecule has 0 fully saturated rings. The highest BCUT2D eigenvalue weighted by Crippen LogP contribution is 2.20. The molecule has 3 nitrogen and oxygen atoms in total. The quantitative estimate of drug-likeness (QED) is 0.826. The van der Waals surface area contributed by atoms with Crippen LogP contribution in [0.25, 0.3) is 0 Å². The van der Waals surface area contributed by atoms with E-state index in [1.54, 1.807) is 6.92 Å². The lowest BCUT2D eigenvalue weighted by molar-refractivity contribution is 0.0495. The molecule has 0 aliphatic rings. The van der Waals surface area contributed by atoms with Gasteiger partial charge in [0, 0.05) is 23.8 Å². The smallest absolute Gasteiger partial charge is 0.141 e. The number of pyridine rings is 1. The molecular weight excluding hydrogens is 207 g/mol. The monoisotopic (exact) mass is 226 g/mol. The van der Waals surface area contributed by atoms with Crippen LogP contribution in [0.4, 0.5) is 4.39 Å². The average molecular weight is 226 g/mol. The summed E-state index contributed by atoms with van der Waals surface area (Å²) in [6.07, 6.45) is 2.60. The topological polar surface area (TPSA) is 45.1 Å². The number of halogens is 1. The maximum atomic E-state index is 13.0. The summed E-state index contributed by atoms with van der Waals surface area (Å²) >= 11 is 0. The van der Waals surface area contributed by atoms with E-state index in [2.05, 4.69) is 10.3 Å². The van der Waals surface area contributed by atoms with Crippen molar-refractivity contribution in [3.63, 3.8) is 0 Å². The molecule has 1 atom stereocenters. The van der Waals surface area contributed by atoms with Crippen molar-refractivity contribution in [1.29, 1.82) is 0 Å². The van der Waals surface area contributed by atoms with Crippen molar-refractivity contribution in [2.75, 3.05) is 6.54 Å². The van der Waals surface area contributed by atoms with Crippen molar-refractivity contribution in [3.05, 3.63) is 29.8 Å². The minimum absolute atomic E-state index is 0.0925. The fourth-order valence-corrected chi connectivity index (χ4v) is 1.25. The van der Waals surface area contributed by atoms with Gasteiger partial charge in [0.1, 0.15) is 11.4 Å². The zero-order valence-electron chi connectivity index (χ0n) is 10.2. The van der Waals surface area contributed by atoms with Gasteiger partial charge < -0.3 is 10.4 Å². The molecule has 1 heterocycles. The average Bonchev–Trinajstić information content (AvgIpc) is 2.14. The van der Waals surface area contributed by atoms with Gasteiger partial charge in [0.15, 0.2) is 0 Å². The first-order valence-corrected chi connectivity index (χ1v) is 5.29. The van der Waals surface area contributed by atoms with Gasteiger partial charge in [-0.15, -0.1) is 0 Å². The van der Waals surface area contributed by atoms with Crippen LogP contribution in [0.2, 0.25) is 0 Å². The molecule has 0 amide bonds. The van der Waals surface area contributed by atoms with Gasteiger partial charge in [-0.1, -0.05) is 0 Å². The van der Waals surface area contributed by atoms with Crippen LogP contribution in [0.1, 0.15) is 33.3 Å². The molecule has 0 saturated heterocycles. The first kappa shape index (κ1) is 13.1. The fourth-order valence-electron chi connectivity index (χ4n) is 1.25. The standard InChI is InChI=1S/C12H19FN2O/c1-11(2,3)15-8-12(4,16)9-5-10(13)7-14-6-9/h5-7,15-16H,8H2,1-4H3. The van der Waals surface area contributed by atoms with Crippen LogP contribution < -0.4 is 5.32 Å². The summed E-state index contributed by atoms with van der Waals surface area (Å²) in [5, 5.41) is 13.4. The Bertz CT molecular complexity index is 358. The van der Waals surface area contributed by atoms with E-state index in [1.807, 2.05) is 20.8 Å². The number of hydrogen-bond donors (Lipinski definition) is 2. The van der Waals surface area contributed by atoms with Crippen LogP contribution in [0.5, 0.6) is 0 Å². The van der Waals surface area contributed by atoms with Crippen LogP contribution in [0, 0.1) is 5.82 Å². The first-order chi connectivity index (χ1) is 7.21. The maximum Gasteiger partial charge on any atom is 0.141 e. The third-order valence-electron chi connectivity index (χ3n) is 2.29. The second kappa shape index (κ2) is 4.47. The lowest BCUT2D eigenvalue weighted by atomic mass is 9.96. The second-order valence-electron chi connectivity index (χ2n) is 5.27. The predicted molar refractivity (Wildman–Crippen MR) is 61.5 cm³/mol. The Kier molecular flexibility index (Phi) is 3.65. The number of β-amino-alcohol motifs (C(OH)–C–C–N with tert-alkyl or cyclic N) is 1. The number of nitrogens with one attached hydrogen (secondary N) is 1. The van der Waals surface area contributed by atoms with Crippen molar-refractivity contribution in [3.8, 4) is 0 Å². The van der Waals surface area contributed by atoms with Crippen LogP contribution in [-0.4, -0.2) is 22.2 Å². The van der Waals surface area contributed by atoms with E-state index in [9.17, 15) is 9.50 Å². The third kappa shape index (κ3) is 3.87. The summed E-state index contributed by atoms with van der Waals surface area (Å²) in [7, 11) is 0. The molecule has 0 spiro atoms. The molecule has 1 unspecified atom stereocenters. The Morgan fingerprint density at radius 3 is 2.44 bits per heavy atom. The first-order valence-electron chi connectivity index (χ1n) is 5.29. The van der Waals surface area contributed by atoms with Crippen LogP contribution >= 0.6 is 0 Å². The minimum Gasteiger partial charge on any atom is -0.384 e. The molecule has 1 aromatic heterocycles. The number of nitrogens with zero attached hydrogens (tertiary/aromatic N) is 1. The van der Waals surface area contributed by atoms with Crippen LogP contribution in [-0.2, 0) is 5.60 Å². The van der Waals surface area contributed by atoms with Crippen molar-refractivity contribution in [2.24, 2.45) is 0 Å². The lowest BCUT2D eigenvalue weighted by Crippen LogP contribution is -2.44. The molecule has 0 aliphatic heterocycles. The van der Waals surface area contributed by atoms with Gasteiger partial charge in [0.25, 0.3) is 0 Å². The highest BCUT2D eigenvalue weighted by atomic mass is 19.1. The third-order valence-corrected chi connectivity index (χ3v) is 2.29. The predicted octanol–water partition coefficient (Wildman–Crippen LogP) is 1.82. The van der Waals surface area contributed by atoms with Gasteiger partial charge in [0.2, 0.25) is 0 Å². The molecule has 0 bridgehead atoms. The summed E-state index contributed by atoms with van der Waals surface area (Å²) in [6.45, 7) is 8.01. The van der Waals surface area contributed by atoms with Crippen LogP contribution in [0.15, 0.2) is 18.5 Å². The van der Waals surface area contributed by atoms with E-state index in [0.29, 0.717) is 12.1 Å². The molecule has 1 aromatic rings. The molecule has 0 radical (unpaired) electrons. The Morgan fingerprint density at radius 1 is 1.31 bits per heavy atom. The van der Waals surface area contributed by atoms with E-state index in [0.717, 1.165) is 6.20 Å². The van der Waals surface area contributed by atoms with Gasteiger partial charge in [-0.3, -0.25) is 4.98 Å². The number of rotatable bonds is 3. The SMILES string of the molecule is CC(C)(C)NCC(C)(O)c1cncc(F)c1. The normalized spacial score (nSPS) is 15.9. The lowest BCUT2D eigenvalue weighted by Gasteiger charge is -2.29. The number of aromatic nitrogens is 1. The minimum atomic E-state index is -1.12. The van der Waals surface area contributed by atoms with Crippen molar-refractivity contribution >= 4 is 0 Å². The largest absolute Gasteiger partial charge is 0.384 e. The van der Waals surface area contributed by atoms with E-state index in [-0.39, 0.29) is 5.54 Å².